The van der Waals surface area contributed by atoms with Gasteiger partial charge in [0.2, 0.25) is 0 Å². The summed E-state index contributed by atoms with van der Waals surface area (Å²) in [5.74, 6) is -0.224. The van der Waals surface area contributed by atoms with Crippen LogP contribution in [0.4, 0.5) is 13.2 Å². The number of imidazole rings is 1. The first-order valence-electron chi connectivity index (χ1n) is 5.37. The Bertz CT molecular complexity index is 631. The molecule has 0 N–H and O–H groups in total. The topological polar surface area (TPSA) is 27.1 Å². The molecule has 2 aromatic rings. The number of halogens is 4. The van der Waals surface area contributed by atoms with Gasteiger partial charge in [0.1, 0.15) is 12.1 Å². The fraction of sp³-hybridized carbons (Fsp3) is 0.167. The Morgan fingerprint density at radius 2 is 1.89 bits per heavy atom. The first-order valence-corrected chi connectivity index (χ1v) is 7.97. The molecule has 1 aliphatic rings. The van der Waals surface area contributed by atoms with Gasteiger partial charge >= 0.3 is 6.36 Å². The third kappa shape index (κ3) is 3.14. The highest BCUT2D eigenvalue weighted by Crippen LogP contribution is 2.27. The lowest BCUT2D eigenvalue weighted by Crippen LogP contribution is -2.16. The second-order valence-electron chi connectivity index (χ2n) is 3.88. The molecule has 0 bridgehead atoms. The number of ether oxygens (including phenoxy) is 1. The summed E-state index contributed by atoms with van der Waals surface area (Å²) in [7, 11) is 0. The number of hydrogen-bond acceptors (Lipinski definition) is 2. The normalized spacial score (nSPS) is 14.6. The van der Waals surface area contributed by atoms with Gasteiger partial charge in [-0.2, -0.15) is 0 Å². The van der Waals surface area contributed by atoms with Gasteiger partial charge in [0.05, 0.1) is 9.33 Å². The highest BCUT2D eigenvalue weighted by Gasteiger charge is 2.30. The second-order valence-corrected chi connectivity index (χ2v) is 6.65. The summed E-state index contributed by atoms with van der Waals surface area (Å²) in [6.07, 6.45) is -1.01. The Balaban J connectivity index is 1.79. The predicted molar refractivity (Wildman–Crippen MR) is 73.6 cm³/mol. The van der Waals surface area contributed by atoms with E-state index in [4.69, 9.17) is 0 Å². The van der Waals surface area contributed by atoms with E-state index in [0.717, 1.165) is 11.3 Å². The first-order chi connectivity index (χ1) is 9.01. The van der Waals surface area contributed by atoms with Crippen LogP contribution in [0.2, 0.25) is 0 Å². The molecule has 0 saturated heterocycles. The molecule has 0 saturated carbocycles. The standard InChI is InChI=1S/C12H8F3IN2O/c13-12(14,15)19-9-3-1-8(2-4-9)10-6-18(7-17-10)11-5-16-11/h1-4,6-7H,5H2. The van der Waals surface area contributed by atoms with Crippen molar-refractivity contribution in [3.05, 3.63) is 36.8 Å². The van der Waals surface area contributed by atoms with Crippen molar-refractivity contribution in [2.75, 3.05) is 4.43 Å². The summed E-state index contributed by atoms with van der Waals surface area (Å²) < 4.78 is 44.5. The Morgan fingerprint density at radius 1 is 1.21 bits per heavy atom. The SMILES string of the molecule is FC(F)(F)Oc1ccc(-c2cn(C3=IC3)cn2)cc1. The van der Waals surface area contributed by atoms with Gasteiger partial charge in [0.25, 0.3) is 0 Å². The van der Waals surface area contributed by atoms with Crippen LogP contribution in [0.25, 0.3) is 11.3 Å². The van der Waals surface area contributed by atoms with Crippen molar-refractivity contribution in [3.8, 4) is 17.0 Å². The summed E-state index contributed by atoms with van der Waals surface area (Å²) in [5, 5.41) is 0. The number of alkyl halides is 4. The minimum Gasteiger partial charge on any atom is -0.406 e. The number of benzene rings is 1. The average Bonchev–Trinajstić information content (AvgIpc) is 3.07. The van der Waals surface area contributed by atoms with Crippen LogP contribution in [-0.4, -0.2) is 24.0 Å². The van der Waals surface area contributed by atoms with Crippen molar-refractivity contribution in [2.24, 2.45) is 0 Å². The zero-order chi connectivity index (χ0) is 13.5. The van der Waals surface area contributed by atoms with Gasteiger partial charge in [-0.05, 0) is 24.3 Å². The van der Waals surface area contributed by atoms with E-state index in [1.54, 1.807) is 18.5 Å². The van der Waals surface area contributed by atoms with E-state index in [1.165, 1.54) is 20.2 Å². The van der Waals surface area contributed by atoms with Gasteiger partial charge in [-0.25, -0.2) is 4.98 Å². The molecule has 1 aromatic carbocycles. The molecule has 0 fully saturated rings. The zero-order valence-corrected chi connectivity index (χ0v) is 11.6. The van der Waals surface area contributed by atoms with Crippen molar-refractivity contribution in [2.45, 2.75) is 6.36 Å². The van der Waals surface area contributed by atoms with Crippen molar-refractivity contribution in [1.82, 2.24) is 9.55 Å². The number of nitrogens with zero attached hydrogens (tertiary/aromatic N) is 2. The third-order valence-corrected chi connectivity index (χ3v) is 4.50. The number of rotatable bonds is 3. The number of aromatic nitrogens is 2. The minimum atomic E-state index is -4.66. The van der Waals surface area contributed by atoms with Crippen LogP contribution < -0.4 is 4.74 Å². The van der Waals surface area contributed by atoms with Crippen LogP contribution in [0.3, 0.4) is 0 Å². The smallest absolute Gasteiger partial charge is 0.406 e. The molecule has 0 atom stereocenters. The van der Waals surface area contributed by atoms with Gasteiger partial charge in [-0.15, -0.1) is 13.2 Å². The minimum absolute atomic E-state index is 0.212. The molecule has 0 radical (unpaired) electrons. The van der Waals surface area contributed by atoms with E-state index in [2.05, 4.69) is 9.72 Å². The Morgan fingerprint density at radius 3 is 2.47 bits per heavy atom. The van der Waals surface area contributed by atoms with Crippen molar-refractivity contribution in [3.63, 3.8) is 0 Å². The molecule has 7 heteroatoms. The van der Waals surface area contributed by atoms with Crippen LogP contribution >= 0.6 is 20.7 Å². The van der Waals surface area contributed by atoms with E-state index in [0.29, 0.717) is 0 Å². The largest absolute Gasteiger partial charge is 0.573 e. The van der Waals surface area contributed by atoms with Gasteiger partial charge in [0.15, 0.2) is 0 Å². The molecule has 1 aromatic heterocycles. The van der Waals surface area contributed by atoms with Crippen molar-refractivity contribution < 1.29 is 17.9 Å². The average molecular weight is 380 g/mol. The summed E-state index contributed by atoms with van der Waals surface area (Å²) in [6, 6.07) is 5.72. The monoisotopic (exact) mass is 380 g/mol. The Kier molecular flexibility index (Phi) is 3.08. The van der Waals surface area contributed by atoms with Crippen LogP contribution in [-0.2, 0) is 0 Å². The molecule has 2 heterocycles. The van der Waals surface area contributed by atoms with Crippen LogP contribution in [0.5, 0.6) is 5.75 Å². The third-order valence-electron chi connectivity index (χ3n) is 2.50. The molecular formula is C12H8F3IN2O. The van der Waals surface area contributed by atoms with Gasteiger partial charge in [0, 0.05) is 16.2 Å². The fourth-order valence-electron chi connectivity index (χ4n) is 1.60. The molecule has 0 spiro atoms. The second kappa shape index (κ2) is 4.62. The van der Waals surface area contributed by atoms with Gasteiger partial charge < -0.3 is 9.30 Å². The molecular weight excluding hydrogens is 372 g/mol. The fourth-order valence-corrected chi connectivity index (χ4v) is 2.82. The van der Waals surface area contributed by atoms with Crippen molar-refractivity contribution >= 4 is 24.4 Å². The summed E-state index contributed by atoms with van der Waals surface area (Å²) in [5.41, 5.74) is 1.52. The molecule has 0 unspecified atom stereocenters. The molecule has 0 amide bonds. The first kappa shape index (κ1) is 12.6. The van der Waals surface area contributed by atoms with Crippen molar-refractivity contribution in [1.29, 1.82) is 0 Å². The maximum Gasteiger partial charge on any atom is 0.573 e. The lowest BCUT2D eigenvalue weighted by molar-refractivity contribution is -0.274. The van der Waals surface area contributed by atoms with Crippen LogP contribution in [0.1, 0.15) is 0 Å². The summed E-state index contributed by atoms with van der Waals surface area (Å²) >= 11 is 0.212. The van der Waals surface area contributed by atoms with Gasteiger partial charge in [-0.1, -0.05) is 20.7 Å². The van der Waals surface area contributed by atoms with E-state index in [1.807, 2.05) is 10.8 Å². The number of hydrogen-bond donors (Lipinski definition) is 0. The summed E-state index contributed by atoms with van der Waals surface area (Å²) in [6.45, 7) is 0. The molecule has 1 aliphatic heterocycles. The lowest BCUT2D eigenvalue weighted by atomic mass is 10.2. The highest BCUT2D eigenvalue weighted by atomic mass is 127. The molecule has 3 rings (SSSR count). The van der Waals surface area contributed by atoms with E-state index in [9.17, 15) is 13.2 Å². The quantitative estimate of drug-likeness (QED) is 0.603. The Labute approximate surface area is 116 Å². The Hall–Kier alpha value is -1.38. The highest BCUT2D eigenvalue weighted by molar-refractivity contribution is 14.2. The van der Waals surface area contributed by atoms with E-state index in [-0.39, 0.29) is 26.5 Å². The zero-order valence-electron chi connectivity index (χ0n) is 9.49. The molecule has 19 heavy (non-hydrogen) atoms. The maximum absolute atomic E-state index is 12.0. The predicted octanol–water partition coefficient (Wildman–Crippen LogP) is 3.41. The lowest BCUT2D eigenvalue weighted by Gasteiger charge is -2.08. The molecule has 100 valence electrons. The van der Waals surface area contributed by atoms with E-state index >= 15 is 0 Å². The van der Waals surface area contributed by atoms with Crippen LogP contribution in [0.15, 0.2) is 36.8 Å². The molecule has 3 nitrogen and oxygen atoms in total. The maximum atomic E-state index is 12.0. The van der Waals surface area contributed by atoms with Crippen LogP contribution in [0, 0.1) is 0 Å². The van der Waals surface area contributed by atoms with Gasteiger partial charge in [-0.3, -0.25) is 0 Å². The summed E-state index contributed by atoms with van der Waals surface area (Å²) in [4.78, 5) is 4.25. The van der Waals surface area contributed by atoms with E-state index < -0.39 is 6.36 Å². The molecule has 0 aliphatic carbocycles.